The number of likely N-dealkylation sites (tertiary alicyclic amines) is 1. The lowest BCUT2D eigenvalue weighted by Gasteiger charge is -2.34. The standard InChI is InChI=1S/C14H30N2O/c1-5-8-13(15-7-3)14(6-2)16-10-9-12(11-16)17-4/h12-15H,5-11H2,1-4H3. The number of rotatable bonds is 8. The van der Waals surface area contributed by atoms with E-state index in [-0.39, 0.29) is 0 Å². The molecule has 0 bridgehead atoms. The van der Waals surface area contributed by atoms with Crippen molar-refractivity contribution in [2.24, 2.45) is 0 Å². The molecule has 0 radical (unpaired) electrons. The Labute approximate surface area is 107 Å². The highest BCUT2D eigenvalue weighted by atomic mass is 16.5. The third kappa shape index (κ3) is 4.23. The fourth-order valence-electron chi connectivity index (χ4n) is 3.05. The van der Waals surface area contributed by atoms with Crippen molar-refractivity contribution >= 4 is 0 Å². The molecule has 1 fully saturated rings. The van der Waals surface area contributed by atoms with Gasteiger partial charge in [-0.25, -0.2) is 0 Å². The average Bonchev–Trinajstić information content (AvgIpc) is 2.79. The van der Waals surface area contributed by atoms with Gasteiger partial charge in [0.25, 0.3) is 0 Å². The molecule has 0 aromatic carbocycles. The second-order valence-corrected chi connectivity index (χ2v) is 5.07. The molecular formula is C14H30N2O. The summed E-state index contributed by atoms with van der Waals surface area (Å²) in [5.41, 5.74) is 0. The Morgan fingerprint density at radius 2 is 2.12 bits per heavy atom. The van der Waals surface area contributed by atoms with Gasteiger partial charge in [-0.3, -0.25) is 4.90 Å². The molecule has 0 aromatic rings. The van der Waals surface area contributed by atoms with Gasteiger partial charge in [0.1, 0.15) is 0 Å². The predicted molar refractivity (Wildman–Crippen MR) is 73.4 cm³/mol. The molecule has 1 saturated heterocycles. The third-order valence-corrected chi connectivity index (χ3v) is 3.93. The summed E-state index contributed by atoms with van der Waals surface area (Å²) in [4.78, 5) is 2.62. The van der Waals surface area contributed by atoms with Crippen molar-refractivity contribution in [2.45, 2.75) is 64.6 Å². The number of ether oxygens (including phenoxy) is 1. The maximum Gasteiger partial charge on any atom is 0.0710 e. The topological polar surface area (TPSA) is 24.5 Å². The van der Waals surface area contributed by atoms with E-state index in [1.54, 1.807) is 0 Å². The van der Waals surface area contributed by atoms with Crippen molar-refractivity contribution < 1.29 is 4.74 Å². The van der Waals surface area contributed by atoms with E-state index in [4.69, 9.17) is 4.74 Å². The van der Waals surface area contributed by atoms with Gasteiger partial charge in [0.15, 0.2) is 0 Å². The first-order chi connectivity index (χ1) is 8.26. The highest BCUT2D eigenvalue weighted by Gasteiger charge is 2.31. The molecule has 0 amide bonds. The van der Waals surface area contributed by atoms with E-state index in [0.29, 0.717) is 18.2 Å². The zero-order chi connectivity index (χ0) is 12.7. The van der Waals surface area contributed by atoms with Gasteiger partial charge < -0.3 is 10.1 Å². The van der Waals surface area contributed by atoms with Gasteiger partial charge in [0.05, 0.1) is 6.10 Å². The van der Waals surface area contributed by atoms with Gasteiger partial charge in [-0.05, 0) is 25.8 Å². The van der Waals surface area contributed by atoms with Crippen LogP contribution in [0, 0.1) is 0 Å². The maximum absolute atomic E-state index is 5.47. The summed E-state index contributed by atoms with van der Waals surface area (Å²) >= 11 is 0. The van der Waals surface area contributed by atoms with E-state index >= 15 is 0 Å². The summed E-state index contributed by atoms with van der Waals surface area (Å²) in [6, 6.07) is 1.32. The van der Waals surface area contributed by atoms with Gasteiger partial charge in [-0.15, -0.1) is 0 Å². The number of nitrogens with zero attached hydrogens (tertiary/aromatic N) is 1. The highest BCUT2D eigenvalue weighted by molar-refractivity contribution is 4.88. The summed E-state index contributed by atoms with van der Waals surface area (Å²) in [7, 11) is 1.84. The molecule has 102 valence electrons. The minimum Gasteiger partial charge on any atom is -0.380 e. The zero-order valence-corrected chi connectivity index (χ0v) is 12.0. The molecule has 3 nitrogen and oxygen atoms in total. The van der Waals surface area contributed by atoms with Crippen LogP contribution in [0.4, 0.5) is 0 Å². The largest absolute Gasteiger partial charge is 0.380 e. The van der Waals surface area contributed by atoms with Crippen LogP contribution in [-0.4, -0.2) is 49.8 Å². The Bertz CT molecular complexity index is 193. The maximum atomic E-state index is 5.47. The molecule has 1 heterocycles. The van der Waals surface area contributed by atoms with Crippen LogP contribution in [0.1, 0.15) is 46.5 Å². The van der Waals surface area contributed by atoms with Gasteiger partial charge >= 0.3 is 0 Å². The molecule has 0 aliphatic carbocycles. The first kappa shape index (κ1) is 14.9. The average molecular weight is 242 g/mol. The van der Waals surface area contributed by atoms with Crippen LogP contribution in [0.25, 0.3) is 0 Å². The van der Waals surface area contributed by atoms with E-state index in [1.165, 1.54) is 32.2 Å². The van der Waals surface area contributed by atoms with Crippen LogP contribution in [0.15, 0.2) is 0 Å². The Hall–Kier alpha value is -0.120. The SMILES string of the molecule is CCCC(NCC)C(CC)N1CCC(OC)C1. The van der Waals surface area contributed by atoms with Crippen LogP contribution >= 0.6 is 0 Å². The van der Waals surface area contributed by atoms with Gasteiger partial charge in [0, 0.05) is 32.3 Å². The monoisotopic (exact) mass is 242 g/mol. The van der Waals surface area contributed by atoms with Crippen molar-refractivity contribution in [3.8, 4) is 0 Å². The summed E-state index contributed by atoms with van der Waals surface area (Å²) < 4.78 is 5.47. The Morgan fingerprint density at radius 3 is 2.59 bits per heavy atom. The molecule has 0 spiro atoms. The Balaban J connectivity index is 2.55. The molecule has 0 saturated carbocycles. The van der Waals surface area contributed by atoms with Crippen molar-refractivity contribution in [2.75, 3.05) is 26.7 Å². The van der Waals surface area contributed by atoms with E-state index in [2.05, 4.69) is 31.0 Å². The number of hydrogen-bond donors (Lipinski definition) is 1. The quantitative estimate of drug-likeness (QED) is 0.706. The fraction of sp³-hybridized carbons (Fsp3) is 1.00. The van der Waals surface area contributed by atoms with E-state index in [1.807, 2.05) is 7.11 Å². The van der Waals surface area contributed by atoms with Gasteiger partial charge in [-0.2, -0.15) is 0 Å². The number of hydrogen-bond acceptors (Lipinski definition) is 3. The molecule has 3 unspecified atom stereocenters. The van der Waals surface area contributed by atoms with Crippen LogP contribution in [0.2, 0.25) is 0 Å². The summed E-state index contributed by atoms with van der Waals surface area (Å²) in [6.45, 7) is 10.2. The molecule has 3 heteroatoms. The normalized spacial score (nSPS) is 25.1. The Morgan fingerprint density at radius 1 is 1.35 bits per heavy atom. The molecule has 1 aliphatic rings. The van der Waals surface area contributed by atoms with E-state index in [0.717, 1.165) is 13.1 Å². The molecule has 1 aliphatic heterocycles. The summed E-state index contributed by atoms with van der Waals surface area (Å²) in [5, 5.41) is 3.66. The van der Waals surface area contributed by atoms with Crippen molar-refractivity contribution in [3.05, 3.63) is 0 Å². The van der Waals surface area contributed by atoms with E-state index in [9.17, 15) is 0 Å². The van der Waals surface area contributed by atoms with Crippen LogP contribution in [0.5, 0.6) is 0 Å². The highest BCUT2D eigenvalue weighted by Crippen LogP contribution is 2.20. The van der Waals surface area contributed by atoms with Crippen molar-refractivity contribution in [1.82, 2.24) is 10.2 Å². The minimum atomic E-state index is 0.452. The van der Waals surface area contributed by atoms with Gasteiger partial charge in [0.2, 0.25) is 0 Å². The van der Waals surface area contributed by atoms with Crippen LogP contribution < -0.4 is 5.32 Å². The molecule has 1 N–H and O–H groups in total. The lowest BCUT2D eigenvalue weighted by atomic mass is 9.99. The summed E-state index contributed by atoms with van der Waals surface area (Å²) in [5.74, 6) is 0. The number of methoxy groups -OCH3 is 1. The second kappa shape index (κ2) is 8.06. The molecule has 1 rings (SSSR count). The van der Waals surface area contributed by atoms with Crippen LogP contribution in [-0.2, 0) is 4.74 Å². The zero-order valence-electron chi connectivity index (χ0n) is 12.0. The first-order valence-corrected chi connectivity index (χ1v) is 7.26. The van der Waals surface area contributed by atoms with E-state index < -0.39 is 0 Å². The lowest BCUT2D eigenvalue weighted by Crippen LogP contribution is -2.49. The number of likely N-dealkylation sites (N-methyl/N-ethyl adjacent to an activating group) is 1. The predicted octanol–water partition coefficient (Wildman–Crippen LogP) is 2.26. The lowest BCUT2D eigenvalue weighted by molar-refractivity contribution is 0.0935. The molecule has 3 atom stereocenters. The van der Waals surface area contributed by atoms with Crippen molar-refractivity contribution in [3.63, 3.8) is 0 Å². The second-order valence-electron chi connectivity index (χ2n) is 5.07. The fourth-order valence-corrected chi connectivity index (χ4v) is 3.05. The van der Waals surface area contributed by atoms with Crippen molar-refractivity contribution in [1.29, 1.82) is 0 Å². The third-order valence-electron chi connectivity index (χ3n) is 3.93. The van der Waals surface area contributed by atoms with Gasteiger partial charge in [-0.1, -0.05) is 27.2 Å². The minimum absolute atomic E-state index is 0.452. The first-order valence-electron chi connectivity index (χ1n) is 7.26. The van der Waals surface area contributed by atoms with Crippen LogP contribution in [0.3, 0.4) is 0 Å². The molecule has 0 aromatic heterocycles. The number of nitrogens with one attached hydrogen (secondary N) is 1. The smallest absolute Gasteiger partial charge is 0.0710 e. The molecular weight excluding hydrogens is 212 g/mol. The Kier molecular flexibility index (Phi) is 7.09. The summed E-state index contributed by atoms with van der Waals surface area (Å²) in [6.07, 6.45) is 5.41. The molecule has 17 heavy (non-hydrogen) atoms.